The van der Waals surface area contributed by atoms with Gasteiger partial charge in [0.05, 0.1) is 11.1 Å². The van der Waals surface area contributed by atoms with Gasteiger partial charge in [-0.2, -0.15) is 0 Å². The van der Waals surface area contributed by atoms with Crippen molar-refractivity contribution in [3.05, 3.63) is 71.2 Å². The third-order valence-corrected chi connectivity index (χ3v) is 4.14. The molecule has 0 aliphatic carbocycles. The molecule has 0 aliphatic rings. The zero-order chi connectivity index (χ0) is 18.7. The summed E-state index contributed by atoms with van der Waals surface area (Å²) in [7, 11) is 0. The second-order valence-electron chi connectivity index (χ2n) is 6.21. The summed E-state index contributed by atoms with van der Waals surface area (Å²) in [4.78, 5) is 16.8. The first-order chi connectivity index (χ1) is 12.5. The summed E-state index contributed by atoms with van der Waals surface area (Å²) in [5.41, 5.74) is 3.48. The van der Waals surface area contributed by atoms with Crippen LogP contribution in [-0.4, -0.2) is 16.6 Å². The van der Waals surface area contributed by atoms with Crippen LogP contribution in [0.15, 0.2) is 48.5 Å². The fraction of sp³-hybridized carbons (Fsp3) is 0.190. The Morgan fingerprint density at radius 3 is 2.65 bits per heavy atom. The van der Waals surface area contributed by atoms with Gasteiger partial charge < -0.3 is 10.7 Å². The summed E-state index contributed by atoms with van der Waals surface area (Å²) in [6, 6.07) is 13.1. The van der Waals surface area contributed by atoms with Crippen molar-refractivity contribution < 1.29 is 9.18 Å². The molecule has 0 radical (unpaired) electrons. The SMILES string of the molecule is CCCC(=N)c1cc(C)nc2cc(NC(=O)c3ccccc3F)ccc12. The van der Waals surface area contributed by atoms with Crippen LogP contribution in [0.25, 0.3) is 10.9 Å². The van der Waals surface area contributed by atoms with Crippen LogP contribution < -0.4 is 5.32 Å². The van der Waals surface area contributed by atoms with Crippen LogP contribution in [0.2, 0.25) is 0 Å². The lowest BCUT2D eigenvalue weighted by atomic mass is 10.00. The lowest BCUT2D eigenvalue weighted by Crippen LogP contribution is -2.13. The first-order valence-corrected chi connectivity index (χ1v) is 8.54. The molecule has 0 unspecified atom stereocenters. The minimum absolute atomic E-state index is 0.00443. The molecule has 1 heterocycles. The number of rotatable bonds is 5. The second kappa shape index (κ2) is 7.44. The molecule has 0 atom stereocenters. The molecular weight excluding hydrogens is 329 g/mol. The minimum atomic E-state index is -0.560. The molecule has 26 heavy (non-hydrogen) atoms. The molecule has 1 aromatic heterocycles. The number of nitrogens with one attached hydrogen (secondary N) is 2. The van der Waals surface area contributed by atoms with E-state index in [2.05, 4.69) is 10.3 Å². The molecule has 0 aliphatic heterocycles. The Balaban J connectivity index is 1.96. The Kier molecular flexibility index (Phi) is 5.07. The van der Waals surface area contributed by atoms with E-state index >= 15 is 0 Å². The van der Waals surface area contributed by atoms with Gasteiger partial charge in [-0.1, -0.05) is 31.5 Å². The number of carbonyl (C=O) groups is 1. The van der Waals surface area contributed by atoms with Gasteiger partial charge in [0, 0.05) is 28.0 Å². The smallest absolute Gasteiger partial charge is 0.258 e. The van der Waals surface area contributed by atoms with E-state index < -0.39 is 11.7 Å². The van der Waals surface area contributed by atoms with Crippen molar-refractivity contribution in [3.63, 3.8) is 0 Å². The molecule has 132 valence electrons. The maximum absolute atomic E-state index is 13.8. The van der Waals surface area contributed by atoms with Crippen LogP contribution in [-0.2, 0) is 0 Å². The number of nitrogens with zero attached hydrogens (tertiary/aromatic N) is 1. The van der Waals surface area contributed by atoms with Crippen LogP contribution in [0, 0.1) is 18.2 Å². The van der Waals surface area contributed by atoms with Crippen molar-refractivity contribution >= 4 is 28.2 Å². The number of anilines is 1. The quantitative estimate of drug-likeness (QED) is 0.629. The molecule has 0 saturated carbocycles. The van der Waals surface area contributed by atoms with Crippen molar-refractivity contribution in [2.75, 3.05) is 5.32 Å². The van der Waals surface area contributed by atoms with Gasteiger partial charge in [0.25, 0.3) is 5.91 Å². The molecule has 4 nitrogen and oxygen atoms in total. The highest BCUT2D eigenvalue weighted by atomic mass is 19.1. The largest absolute Gasteiger partial charge is 0.322 e. The number of aryl methyl sites for hydroxylation is 1. The number of pyridine rings is 1. The summed E-state index contributed by atoms with van der Waals surface area (Å²) in [6.07, 6.45) is 1.60. The van der Waals surface area contributed by atoms with E-state index in [9.17, 15) is 9.18 Å². The van der Waals surface area contributed by atoms with E-state index in [-0.39, 0.29) is 5.56 Å². The Morgan fingerprint density at radius 2 is 1.92 bits per heavy atom. The maximum atomic E-state index is 13.8. The van der Waals surface area contributed by atoms with E-state index in [1.54, 1.807) is 24.3 Å². The molecule has 2 aromatic carbocycles. The van der Waals surface area contributed by atoms with Crippen molar-refractivity contribution in [3.8, 4) is 0 Å². The van der Waals surface area contributed by atoms with Gasteiger partial charge in [0.1, 0.15) is 5.82 Å². The Labute approximate surface area is 151 Å². The molecule has 2 N–H and O–H groups in total. The number of hydrogen-bond donors (Lipinski definition) is 2. The predicted molar refractivity (Wildman–Crippen MR) is 103 cm³/mol. The van der Waals surface area contributed by atoms with E-state index in [1.165, 1.54) is 12.1 Å². The van der Waals surface area contributed by atoms with Gasteiger partial charge >= 0.3 is 0 Å². The molecule has 1 amide bonds. The number of amides is 1. The molecule has 0 spiro atoms. The summed E-state index contributed by atoms with van der Waals surface area (Å²) >= 11 is 0. The Hall–Kier alpha value is -3.08. The van der Waals surface area contributed by atoms with Crippen molar-refractivity contribution in [1.82, 2.24) is 4.98 Å². The van der Waals surface area contributed by atoms with E-state index in [4.69, 9.17) is 5.41 Å². The summed E-state index contributed by atoms with van der Waals surface area (Å²) in [5.74, 6) is -1.07. The first kappa shape index (κ1) is 17.7. The standard InChI is InChI=1S/C21H20FN3O/c1-3-6-19(23)17-11-13(2)24-20-12-14(9-10-15(17)20)25-21(26)16-7-4-5-8-18(16)22/h4-5,7-12,23H,3,6H2,1-2H3,(H,25,26). The lowest BCUT2D eigenvalue weighted by molar-refractivity contribution is 0.102. The molecular formula is C21H20FN3O. The van der Waals surface area contributed by atoms with Gasteiger partial charge in [0.15, 0.2) is 0 Å². The monoisotopic (exact) mass is 349 g/mol. The van der Waals surface area contributed by atoms with Crippen LogP contribution >= 0.6 is 0 Å². The molecule has 3 aromatic rings. The van der Waals surface area contributed by atoms with E-state index in [0.29, 0.717) is 23.3 Å². The zero-order valence-electron chi connectivity index (χ0n) is 14.8. The number of hydrogen-bond acceptors (Lipinski definition) is 3. The average Bonchev–Trinajstić information content (AvgIpc) is 2.61. The normalized spacial score (nSPS) is 10.7. The third kappa shape index (κ3) is 3.61. The van der Waals surface area contributed by atoms with Gasteiger partial charge in [-0.05, 0) is 43.7 Å². The highest BCUT2D eigenvalue weighted by molar-refractivity contribution is 6.10. The van der Waals surface area contributed by atoms with Gasteiger partial charge in [-0.3, -0.25) is 9.78 Å². The van der Waals surface area contributed by atoms with Crippen molar-refractivity contribution in [2.45, 2.75) is 26.7 Å². The summed E-state index contributed by atoms with van der Waals surface area (Å²) < 4.78 is 13.8. The van der Waals surface area contributed by atoms with E-state index in [1.807, 2.05) is 26.0 Å². The Morgan fingerprint density at radius 1 is 1.15 bits per heavy atom. The maximum Gasteiger partial charge on any atom is 0.258 e. The molecule has 5 heteroatoms. The third-order valence-electron chi connectivity index (χ3n) is 4.14. The molecule has 3 rings (SSSR count). The highest BCUT2D eigenvalue weighted by Gasteiger charge is 2.13. The van der Waals surface area contributed by atoms with Crippen LogP contribution in [0.3, 0.4) is 0 Å². The lowest BCUT2D eigenvalue weighted by Gasteiger charge is -2.11. The fourth-order valence-corrected chi connectivity index (χ4v) is 2.92. The van der Waals surface area contributed by atoms with Crippen LogP contribution in [0.4, 0.5) is 10.1 Å². The highest BCUT2D eigenvalue weighted by Crippen LogP contribution is 2.24. The number of fused-ring (bicyclic) bond motifs is 1. The zero-order valence-corrected chi connectivity index (χ0v) is 14.8. The van der Waals surface area contributed by atoms with Crippen LogP contribution in [0.5, 0.6) is 0 Å². The Bertz CT molecular complexity index is 998. The topological polar surface area (TPSA) is 65.8 Å². The van der Waals surface area contributed by atoms with Crippen molar-refractivity contribution in [2.24, 2.45) is 0 Å². The average molecular weight is 349 g/mol. The summed E-state index contributed by atoms with van der Waals surface area (Å²) in [5, 5.41) is 11.9. The van der Waals surface area contributed by atoms with Crippen LogP contribution in [0.1, 0.15) is 41.4 Å². The van der Waals surface area contributed by atoms with Gasteiger partial charge in [-0.25, -0.2) is 4.39 Å². The van der Waals surface area contributed by atoms with Crippen molar-refractivity contribution in [1.29, 1.82) is 5.41 Å². The number of halogens is 1. The van der Waals surface area contributed by atoms with Gasteiger partial charge in [0.2, 0.25) is 0 Å². The second-order valence-corrected chi connectivity index (χ2v) is 6.21. The predicted octanol–water partition coefficient (Wildman–Crippen LogP) is 5.10. The summed E-state index contributed by atoms with van der Waals surface area (Å²) in [6.45, 7) is 3.92. The van der Waals surface area contributed by atoms with E-state index in [0.717, 1.165) is 23.1 Å². The fourth-order valence-electron chi connectivity index (χ4n) is 2.92. The number of aromatic nitrogens is 1. The molecule has 0 bridgehead atoms. The first-order valence-electron chi connectivity index (χ1n) is 8.54. The molecule has 0 saturated heterocycles. The van der Waals surface area contributed by atoms with Gasteiger partial charge in [-0.15, -0.1) is 0 Å². The molecule has 0 fully saturated rings. The number of carbonyl (C=O) groups excluding carboxylic acids is 1. The number of benzene rings is 2. The minimum Gasteiger partial charge on any atom is -0.322 e.